The first-order valence-corrected chi connectivity index (χ1v) is 12.1. The molecule has 3 aromatic carbocycles. The average molecular weight is 478 g/mol. The smallest absolute Gasteiger partial charge is 0.321 e. The van der Waals surface area contributed by atoms with E-state index in [0.717, 1.165) is 18.4 Å². The molecule has 0 aromatic heterocycles. The lowest BCUT2D eigenvalue weighted by atomic mass is 10.1. The third-order valence-electron chi connectivity index (χ3n) is 5.53. The fourth-order valence-corrected chi connectivity index (χ4v) is 3.94. The van der Waals surface area contributed by atoms with Crippen molar-refractivity contribution in [3.05, 3.63) is 101 Å². The van der Waals surface area contributed by atoms with Gasteiger partial charge in [-0.05, 0) is 42.2 Å². The molecule has 0 atom stereocenters. The van der Waals surface area contributed by atoms with Crippen LogP contribution in [0.1, 0.15) is 30.9 Å². The van der Waals surface area contributed by atoms with Gasteiger partial charge in [0.25, 0.3) is 0 Å². The average Bonchev–Trinajstić information content (AvgIpc) is 2.85. The lowest BCUT2D eigenvalue weighted by Crippen LogP contribution is -2.40. The number of urea groups is 1. The molecular formula is C28H32ClN3O2. The monoisotopic (exact) mass is 477 g/mol. The number of anilines is 1. The molecule has 0 aliphatic heterocycles. The summed E-state index contributed by atoms with van der Waals surface area (Å²) in [7, 11) is 0. The van der Waals surface area contributed by atoms with Crippen LogP contribution in [0, 0.1) is 0 Å². The summed E-state index contributed by atoms with van der Waals surface area (Å²) in [6.45, 7) is 4.12. The molecule has 3 rings (SSSR count). The van der Waals surface area contributed by atoms with Crippen molar-refractivity contribution in [1.82, 2.24) is 9.80 Å². The highest BCUT2D eigenvalue weighted by Crippen LogP contribution is 2.16. The molecule has 34 heavy (non-hydrogen) atoms. The summed E-state index contributed by atoms with van der Waals surface area (Å²) >= 11 is 6.03. The Hall–Kier alpha value is -3.31. The number of hydrogen-bond donors (Lipinski definition) is 1. The van der Waals surface area contributed by atoms with E-state index in [-0.39, 0.29) is 18.4 Å². The van der Waals surface area contributed by atoms with Crippen LogP contribution in [0.15, 0.2) is 84.9 Å². The third-order valence-corrected chi connectivity index (χ3v) is 5.77. The Morgan fingerprint density at radius 2 is 1.47 bits per heavy atom. The van der Waals surface area contributed by atoms with Gasteiger partial charge in [0, 0.05) is 43.3 Å². The van der Waals surface area contributed by atoms with E-state index in [4.69, 9.17) is 11.6 Å². The summed E-state index contributed by atoms with van der Waals surface area (Å²) in [6, 6.07) is 27.0. The topological polar surface area (TPSA) is 52.7 Å². The van der Waals surface area contributed by atoms with Crippen LogP contribution in [0.5, 0.6) is 0 Å². The lowest BCUT2D eigenvalue weighted by Gasteiger charge is -2.26. The van der Waals surface area contributed by atoms with Crippen molar-refractivity contribution in [2.75, 3.05) is 25.0 Å². The number of amides is 3. The van der Waals surface area contributed by atoms with Crippen LogP contribution in [0.2, 0.25) is 5.02 Å². The number of carbonyl (C=O) groups is 2. The fraction of sp³-hybridized carbons (Fsp3) is 0.286. The maximum atomic E-state index is 13.3. The Labute approximate surface area is 207 Å². The van der Waals surface area contributed by atoms with Crippen molar-refractivity contribution >= 4 is 29.2 Å². The second-order valence-corrected chi connectivity index (χ2v) is 8.65. The van der Waals surface area contributed by atoms with Gasteiger partial charge in [0.1, 0.15) is 0 Å². The van der Waals surface area contributed by atoms with Crippen LogP contribution >= 0.6 is 11.6 Å². The third kappa shape index (κ3) is 8.23. The Morgan fingerprint density at radius 1 is 0.794 bits per heavy atom. The summed E-state index contributed by atoms with van der Waals surface area (Å²) < 4.78 is 0. The van der Waals surface area contributed by atoms with E-state index >= 15 is 0 Å². The summed E-state index contributed by atoms with van der Waals surface area (Å²) in [5.74, 6) is 0.0384. The van der Waals surface area contributed by atoms with E-state index in [1.165, 1.54) is 5.56 Å². The van der Waals surface area contributed by atoms with E-state index < -0.39 is 0 Å². The predicted octanol–water partition coefficient (Wildman–Crippen LogP) is 6.25. The molecule has 3 amide bonds. The molecule has 0 spiro atoms. The predicted molar refractivity (Wildman–Crippen MR) is 139 cm³/mol. The molecule has 0 radical (unpaired) electrons. The largest absolute Gasteiger partial charge is 0.338 e. The summed E-state index contributed by atoms with van der Waals surface area (Å²) in [5.41, 5.74) is 2.92. The van der Waals surface area contributed by atoms with Crippen LogP contribution < -0.4 is 5.32 Å². The molecule has 0 fully saturated rings. The normalized spacial score (nSPS) is 10.5. The first-order chi connectivity index (χ1) is 16.5. The van der Waals surface area contributed by atoms with Gasteiger partial charge in [0.15, 0.2) is 0 Å². The van der Waals surface area contributed by atoms with Crippen LogP contribution in [-0.2, 0) is 17.8 Å². The highest BCUT2D eigenvalue weighted by Gasteiger charge is 2.19. The standard InChI is InChI=1S/C28H32ClN3O2/c1-2-18-31(28(34)30-26-15-9-14-25(29)21-26)20-17-27(33)32(22-24-12-7-4-8-13-24)19-16-23-10-5-3-6-11-23/h3-15,21H,2,16-20,22H2,1H3,(H,30,34). The molecule has 0 aliphatic carbocycles. The number of benzene rings is 3. The number of halogens is 1. The van der Waals surface area contributed by atoms with Crippen LogP contribution in [0.4, 0.5) is 10.5 Å². The first kappa shape index (κ1) is 25.3. The van der Waals surface area contributed by atoms with Crippen LogP contribution in [0.25, 0.3) is 0 Å². The highest BCUT2D eigenvalue weighted by molar-refractivity contribution is 6.30. The summed E-state index contributed by atoms with van der Waals surface area (Å²) in [5, 5.41) is 3.44. The molecule has 0 heterocycles. The Bertz CT molecular complexity index is 1040. The van der Waals surface area contributed by atoms with E-state index in [1.807, 2.05) is 60.4 Å². The number of nitrogens with zero attached hydrogens (tertiary/aromatic N) is 2. The summed E-state index contributed by atoms with van der Waals surface area (Å²) in [4.78, 5) is 29.7. The minimum Gasteiger partial charge on any atom is -0.338 e. The van der Waals surface area contributed by atoms with Gasteiger partial charge in [0.2, 0.25) is 5.91 Å². The molecule has 178 valence electrons. The molecule has 5 nitrogen and oxygen atoms in total. The zero-order valence-corrected chi connectivity index (χ0v) is 20.4. The second-order valence-electron chi connectivity index (χ2n) is 8.21. The van der Waals surface area contributed by atoms with Crippen molar-refractivity contribution in [2.45, 2.75) is 32.7 Å². The van der Waals surface area contributed by atoms with Crippen molar-refractivity contribution in [1.29, 1.82) is 0 Å². The molecule has 0 aliphatic rings. The van der Waals surface area contributed by atoms with Gasteiger partial charge in [-0.3, -0.25) is 4.79 Å². The number of nitrogens with one attached hydrogen (secondary N) is 1. The lowest BCUT2D eigenvalue weighted by molar-refractivity contribution is -0.132. The van der Waals surface area contributed by atoms with Gasteiger partial charge < -0.3 is 15.1 Å². The zero-order chi connectivity index (χ0) is 24.2. The quantitative estimate of drug-likeness (QED) is 0.355. The van der Waals surface area contributed by atoms with E-state index in [9.17, 15) is 9.59 Å². The maximum Gasteiger partial charge on any atom is 0.321 e. The number of rotatable bonds is 11. The Morgan fingerprint density at radius 3 is 2.12 bits per heavy atom. The SMILES string of the molecule is CCCN(CCC(=O)N(CCc1ccccc1)Cc1ccccc1)C(=O)Nc1cccc(Cl)c1. The van der Waals surface area contributed by atoms with Gasteiger partial charge in [-0.1, -0.05) is 85.3 Å². The molecule has 6 heteroatoms. The molecule has 3 aromatic rings. The fourth-order valence-electron chi connectivity index (χ4n) is 3.75. The van der Waals surface area contributed by atoms with Gasteiger partial charge >= 0.3 is 6.03 Å². The minimum atomic E-state index is -0.226. The maximum absolute atomic E-state index is 13.3. The van der Waals surface area contributed by atoms with Crippen molar-refractivity contribution < 1.29 is 9.59 Å². The molecule has 0 unspecified atom stereocenters. The van der Waals surface area contributed by atoms with Gasteiger partial charge in [-0.2, -0.15) is 0 Å². The van der Waals surface area contributed by atoms with Gasteiger partial charge in [0.05, 0.1) is 0 Å². The van der Waals surface area contributed by atoms with Crippen LogP contribution in [0.3, 0.4) is 0 Å². The zero-order valence-electron chi connectivity index (χ0n) is 19.6. The van der Waals surface area contributed by atoms with Crippen molar-refractivity contribution in [2.24, 2.45) is 0 Å². The van der Waals surface area contributed by atoms with E-state index in [2.05, 4.69) is 17.4 Å². The summed E-state index contributed by atoms with van der Waals surface area (Å²) in [6.07, 6.45) is 1.86. The van der Waals surface area contributed by atoms with Crippen LogP contribution in [-0.4, -0.2) is 41.4 Å². The van der Waals surface area contributed by atoms with Crippen molar-refractivity contribution in [3.63, 3.8) is 0 Å². The molecule has 0 bridgehead atoms. The first-order valence-electron chi connectivity index (χ1n) is 11.7. The van der Waals surface area contributed by atoms with E-state index in [1.54, 1.807) is 29.2 Å². The molecular weight excluding hydrogens is 446 g/mol. The number of carbonyl (C=O) groups excluding carboxylic acids is 2. The molecule has 0 saturated carbocycles. The second kappa shape index (κ2) is 13.4. The molecule has 0 saturated heterocycles. The van der Waals surface area contributed by atoms with Crippen molar-refractivity contribution in [3.8, 4) is 0 Å². The minimum absolute atomic E-state index is 0.0384. The molecule has 1 N–H and O–H groups in total. The number of hydrogen-bond acceptors (Lipinski definition) is 2. The highest BCUT2D eigenvalue weighted by atomic mass is 35.5. The van der Waals surface area contributed by atoms with Gasteiger partial charge in [-0.15, -0.1) is 0 Å². The van der Waals surface area contributed by atoms with E-state index in [0.29, 0.717) is 36.9 Å². The Kier molecular flexibility index (Phi) is 9.98. The Balaban J connectivity index is 1.63. The van der Waals surface area contributed by atoms with Gasteiger partial charge in [-0.25, -0.2) is 4.79 Å².